The first-order valence-electron chi connectivity index (χ1n) is 6.31. The molecule has 86 valence electrons. The summed E-state index contributed by atoms with van der Waals surface area (Å²) in [6.07, 6.45) is 8.14. The average Bonchev–Trinajstić information content (AvgIpc) is 2.33. The summed E-state index contributed by atoms with van der Waals surface area (Å²) in [4.78, 5) is 0. The van der Waals surface area contributed by atoms with Crippen molar-refractivity contribution in [2.75, 3.05) is 13.1 Å². The third-order valence-electron chi connectivity index (χ3n) is 3.32. The van der Waals surface area contributed by atoms with Crippen molar-refractivity contribution in [1.29, 1.82) is 0 Å². The molecule has 1 aromatic carbocycles. The van der Waals surface area contributed by atoms with E-state index in [0.717, 1.165) is 5.92 Å². The maximum Gasteiger partial charge on any atom is -0.00462 e. The lowest BCUT2D eigenvalue weighted by atomic mass is 9.91. The lowest BCUT2D eigenvalue weighted by molar-refractivity contribution is 0.372. The number of hydrogen-bond donors (Lipinski definition) is 1. The molecule has 0 bridgehead atoms. The van der Waals surface area contributed by atoms with Gasteiger partial charge in [0.15, 0.2) is 0 Å². The van der Waals surface area contributed by atoms with Gasteiger partial charge in [-0.2, -0.15) is 0 Å². The van der Waals surface area contributed by atoms with E-state index >= 15 is 0 Å². The minimum absolute atomic E-state index is 0.883. The van der Waals surface area contributed by atoms with Crippen molar-refractivity contribution in [2.45, 2.75) is 26.2 Å². The van der Waals surface area contributed by atoms with Crippen molar-refractivity contribution >= 4 is 6.08 Å². The Bertz CT molecular complexity index is 331. The van der Waals surface area contributed by atoms with Crippen LogP contribution >= 0.6 is 0 Å². The molecule has 16 heavy (non-hydrogen) atoms. The van der Waals surface area contributed by atoms with Crippen LogP contribution in [0.15, 0.2) is 30.3 Å². The molecule has 0 atom stereocenters. The predicted molar refractivity (Wildman–Crippen MR) is 70.4 cm³/mol. The Kier molecular flexibility index (Phi) is 4.17. The molecule has 0 radical (unpaired) electrons. The summed E-state index contributed by atoms with van der Waals surface area (Å²) in [6, 6.07) is 8.99. The van der Waals surface area contributed by atoms with Crippen LogP contribution in [0.1, 0.15) is 30.9 Å². The molecule has 1 aliphatic rings. The van der Waals surface area contributed by atoms with Gasteiger partial charge in [0.25, 0.3) is 0 Å². The van der Waals surface area contributed by atoms with Crippen LogP contribution in [0.4, 0.5) is 0 Å². The summed E-state index contributed by atoms with van der Waals surface area (Å²) in [5.41, 5.74) is 2.79. The molecule has 1 saturated heterocycles. The fraction of sp³-hybridized carbons (Fsp3) is 0.467. The van der Waals surface area contributed by atoms with Crippen molar-refractivity contribution in [1.82, 2.24) is 5.32 Å². The van der Waals surface area contributed by atoms with Gasteiger partial charge in [0.2, 0.25) is 0 Å². The van der Waals surface area contributed by atoms with Crippen molar-refractivity contribution in [3.8, 4) is 0 Å². The van der Waals surface area contributed by atoms with Crippen molar-refractivity contribution in [2.24, 2.45) is 5.92 Å². The largest absolute Gasteiger partial charge is 0.317 e. The molecule has 0 spiro atoms. The third-order valence-corrected chi connectivity index (χ3v) is 3.32. The predicted octanol–water partition coefficient (Wildman–Crippen LogP) is 3.26. The molecule has 1 aliphatic heterocycles. The van der Waals surface area contributed by atoms with Crippen LogP contribution in [-0.4, -0.2) is 13.1 Å². The highest BCUT2D eigenvalue weighted by molar-refractivity contribution is 5.49. The molecule has 1 nitrogen and oxygen atoms in total. The third kappa shape index (κ3) is 3.21. The van der Waals surface area contributed by atoms with E-state index < -0.39 is 0 Å². The number of piperidine rings is 1. The van der Waals surface area contributed by atoms with Gasteiger partial charge in [-0.3, -0.25) is 0 Å². The SMILES string of the molecule is C/C=C\c1ccc(CC2CCNCC2)cc1. The number of allylic oxidation sites excluding steroid dienone is 1. The Hall–Kier alpha value is -1.08. The second-order valence-electron chi connectivity index (χ2n) is 4.64. The maximum atomic E-state index is 3.42. The van der Waals surface area contributed by atoms with E-state index in [2.05, 4.69) is 48.7 Å². The summed E-state index contributed by atoms with van der Waals surface area (Å²) in [5, 5.41) is 3.42. The number of rotatable bonds is 3. The second-order valence-corrected chi connectivity index (χ2v) is 4.64. The maximum absolute atomic E-state index is 3.42. The van der Waals surface area contributed by atoms with Crippen LogP contribution in [0.25, 0.3) is 6.08 Å². The topological polar surface area (TPSA) is 12.0 Å². The van der Waals surface area contributed by atoms with Crippen LogP contribution < -0.4 is 5.32 Å². The van der Waals surface area contributed by atoms with Gasteiger partial charge in [0.05, 0.1) is 0 Å². The Morgan fingerprint density at radius 3 is 2.50 bits per heavy atom. The van der Waals surface area contributed by atoms with Gasteiger partial charge in [0.1, 0.15) is 0 Å². The quantitative estimate of drug-likeness (QED) is 0.816. The lowest BCUT2D eigenvalue weighted by Gasteiger charge is -2.22. The van der Waals surface area contributed by atoms with E-state index in [1.165, 1.54) is 43.5 Å². The highest BCUT2D eigenvalue weighted by atomic mass is 14.9. The van der Waals surface area contributed by atoms with Gasteiger partial charge in [-0.05, 0) is 56.3 Å². The van der Waals surface area contributed by atoms with E-state index in [1.54, 1.807) is 0 Å². The molecule has 1 N–H and O–H groups in total. The number of hydrogen-bond acceptors (Lipinski definition) is 1. The summed E-state index contributed by atoms with van der Waals surface area (Å²) in [5.74, 6) is 0.883. The fourth-order valence-corrected chi connectivity index (χ4v) is 2.38. The molecule has 2 rings (SSSR count). The molecule has 1 heterocycles. The van der Waals surface area contributed by atoms with Crippen LogP contribution in [0.5, 0.6) is 0 Å². The van der Waals surface area contributed by atoms with Crippen molar-refractivity contribution < 1.29 is 0 Å². The molecule has 0 saturated carbocycles. The molecular weight excluding hydrogens is 194 g/mol. The second kappa shape index (κ2) is 5.86. The first kappa shape index (κ1) is 11.4. The van der Waals surface area contributed by atoms with Crippen molar-refractivity contribution in [3.05, 3.63) is 41.5 Å². The Morgan fingerprint density at radius 1 is 1.19 bits per heavy atom. The standard InChI is InChI=1S/C15H21N/c1-2-3-13-4-6-14(7-5-13)12-15-8-10-16-11-9-15/h2-7,15-16H,8-12H2,1H3/b3-2-. The van der Waals surface area contributed by atoms with Gasteiger partial charge in [-0.25, -0.2) is 0 Å². The average molecular weight is 215 g/mol. The normalized spacial score (nSPS) is 18.1. The Balaban J connectivity index is 1.93. The zero-order chi connectivity index (χ0) is 11.2. The molecule has 0 aliphatic carbocycles. The first-order chi connectivity index (χ1) is 7.88. The van der Waals surface area contributed by atoms with E-state index in [-0.39, 0.29) is 0 Å². The minimum Gasteiger partial charge on any atom is -0.317 e. The summed E-state index contributed by atoms with van der Waals surface area (Å²) in [7, 11) is 0. The Morgan fingerprint density at radius 2 is 1.88 bits per heavy atom. The van der Waals surface area contributed by atoms with Crippen LogP contribution in [0, 0.1) is 5.92 Å². The highest BCUT2D eigenvalue weighted by Gasteiger charge is 2.12. The summed E-state index contributed by atoms with van der Waals surface area (Å²) < 4.78 is 0. The van der Waals surface area contributed by atoms with Crippen LogP contribution in [0.3, 0.4) is 0 Å². The summed E-state index contributed by atoms with van der Waals surface area (Å²) in [6.45, 7) is 4.45. The van der Waals surface area contributed by atoms with Gasteiger partial charge in [-0.1, -0.05) is 36.4 Å². The monoisotopic (exact) mass is 215 g/mol. The minimum atomic E-state index is 0.883. The van der Waals surface area contributed by atoms with E-state index in [0.29, 0.717) is 0 Å². The summed E-state index contributed by atoms with van der Waals surface area (Å²) >= 11 is 0. The highest BCUT2D eigenvalue weighted by Crippen LogP contribution is 2.18. The zero-order valence-corrected chi connectivity index (χ0v) is 10.1. The Labute approximate surface area is 98.6 Å². The number of benzene rings is 1. The number of nitrogens with one attached hydrogen (secondary N) is 1. The lowest BCUT2D eigenvalue weighted by Crippen LogP contribution is -2.28. The fourth-order valence-electron chi connectivity index (χ4n) is 2.38. The van der Waals surface area contributed by atoms with Gasteiger partial charge in [-0.15, -0.1) is 0 Å². The molecule has 1 aromatic rings. The van der Waals surface area contributed by atoms with E-state index in [1.807, 2.05) is 0 Å². The van der Waals surface area contributed by atoms with Crippen LogP contribution in [0.2, 0.25) is 0 Å². The first-order valence-corrected chi connectivity index (χ1v) is 6.31. The molecule has 0 aromatic heterocycles. The van der Waals surface area contributed by atoms with Gasteiger partial charge >= 0.3 is 0 Å². The zero-order valence-electron chi connectivity index (χ0n) is 10.1. The van der Waals surface area contributed by atoms with E-state index in [4.69, 9.17) is 0 Å². The van der Waals surface area contributed by atoms with Gasteiger partial charge in [0, 0.05) is 0 Å². The molecular formula is C15H21N. The molecule has 0 unspecified atom stereocenters. The van der Waals surface area contributed by atoms with E-state index in [9.17, 15) is 0 Å². The van der Waals surface area contributed by atoms with Crippen LogP contribution in [-0.2, 0) is 6.42 Å². The molecule has 0 amide bonds. The van der Waals surface area contributed by atoms with Gasteiger partial charge < -0.3 is 5.32 Å². The van der Waals surface area contributed by atoms with Crippen molar-refractivity contribution in [3.63, 3.8) is 0 Å². The molecule has 1 heteroatoms. The smallest absolute Gasteiger partial charge is 0.00462 e. The molecule has 1 fully saturated rings.